The third-order valence-electron chi connectivity index (χ3n) is 2.97. The molecule has 1 aliphatic heterocycles. The van der Waals surface area contributed by atoms with E-state index < -0.39 is 20.6 Å². The lowest BCUT2D eigenvalue weighted by Gasteiger charge is -2.12. The topological polar surface area (TPSA) is 101 Å². The summed E-state index contributed by atoms with van der Waals surface area (Å²) in [5.41, 5.74) is -0.399. The molecular formula is C10H15N3O4S. The molecule has 1 fully saturated rings. The number of methoxy groups -OCH3 is 1. The quantitative estimate of drug-likeness (QED) is 0.785. The number of aromatic nitrogens is 2. The minimum absolute atomic E-state index is 0.0629. The van der Waals surface area contributed by atoms with Crippen LogP contribution in [0.1, 0.15) is 12.8 Å². The number of nitrogens with one attached hydrogen (secondary N) is 2. The number of rotatable bonds is 4. The van der Waals surface area contributed by atoms with Gasteiger partial charge in [-0.1, -0.05) is 0 Å². The molecule has 18 heavy (non-hydrogen) atoms. The van der Waals surface area contributed by atoms with E-state index in [9.17, 15) is 13.2 Å². The molecule has 1 aromatic heterocycles. The highest BCUT2D eigenvalue weighted by atomic mass is 32.2. The molecule has 0 amide bonds. The Morgan fingerprint density at radius 1 is 1.61 bits per heavy atom. The predicted octanol–water partition coefficient (Wildman–Crippen LogP) is -0.232. The average molecular weight is 273 g/mol. The lowest BCUT2D eigenvalue weighted by Crippen LogP contribution is -2.26. The molecule has 0 spiro atoms. The molecule has 0 saturated carbocycles. The molecule has 1 atom stereocenters. The molecule has 0 radical (unpaired) electrons. The van der Waals surface area contributed by atoms with Gasteiger partial charge in [-0.2, -0.15) is 0 Å². The maximum absolute atomic E-state index is 11.6. The van der Waals surface area contributed by atoms with Crippen LogP contribution in [-0.4, -0.2) is 43.0 Å². The van der Waals surface area contributed by atoms with Crippen molar-refractivity contribution >= 4 is 15.7 Å². The molecule has 7 nitrogen and oxygen atoms in total. The monoisotopic (exact) mass is 273 g/mol. The minimum Gasteiger partial charge on any atom is -0.489 e. The van der Waals surface area contributed by atoms with Gasteiger partial charge in [-0.05, 0) is 12.8 Å². The molecule has 1 saturated heterocycles. The van der Waals surface area contributed by atoms with Crippen LogP contribution < -0.4 is 15.6 Å². The molecular weight excluding hydrogens is 258 g/mol. The Bertz CT molecular complexity index is 581. The zero-order valence-electron chi connectivity index (χ0n) is 9.97. The van der Waals surface area contributed by atoms with Crippen LogP contribution in [0, 0.1) is 0 Å². The number of hydrogen-bond donors (Lipinski definition) is 2. The lowest BCUT2D eigenvalue weighted by molar-refractivity contribution is 0.408. The number of sulfone groups is 1. The first kappa shape index (κ1) is 12.9. The van der Waals surface area contributed by atoms with Crippen molar-refractivity contribution in [2.24, 2.45) is 0 Å². The molecule has 1 aromatic rings. The summed E-state index contributed by atoms with van der Waals surface area (Å²) >= 11 is 0. The highest BCUT2D eigenvalue weighted by molar-refractivity contribution is 7.92. The standard InChI is InChI=1S/C10H15N3O4S/c1-17-8-9(12-6-13-10(8)14)11-5-7-3-2-4-18(7,15)16/h6-7H,2-5H2,1H3,(H2,11,12,13,14). The fourth-order valence-corrected chi connectivity index (χ4v) is 3.77. The first-order valence-corrected chi connectivity index (χ1v) is 7.33. The van der Waals surface area contributed by atoms with Crippen LogP contribution in [-0.2, 0) is 9.84 Å². The molecule has 2 heterocycles. The molecule has 100 valence electrons. The average Bonchev–Trinajstić information content (AvgIpc) is 2.66. The van der Waals surface area contributed by atoms with Gasteiger partial charge in [-0.15, -0.1) is 0 Å². The van der Waals surface area contributed by atoms with E-state index in [1.165, 1.54) is 13.4 Å². The highest BCUT2D eigenvalue weighted by Gasteiger charge is 2.31. The first-order valence-electron chi connectivity index (χ1n) is 5.61. The second kappa shape index (κ2) is 4.97. The Kier molecular flexibility index (Phi) is 3.55. The van der Waals surface area contributed by atoms with Crippen molar-refractivity contribution in [3.63, 3.8) is 0 Å². The maximum atomic E-state index is 11.6. The van der Waals surface area contributed by atoms with Gasteiger partial charge in [-0.25, -0.2) is 13.4 Å². The van der Waals surface area contributed by atoms with Gasteiger partial charge in [0.15, 0.2) is 15.7 Å². The van der Waals surface area contributed by atoms with Crippen LogP contribution >= 0.6 is 0 Å². The van der Waals surface area contributed by atoms with Gasteiger partial charge in [0.2, 0.25) is 5.75 Å². The fourth-order valence-electron chi connectivity index (χ4n) is 2.00. The molecule has 0 aromatic carbocycles. The third kappa shape index (κ3) is 2.47. The Hall–Kier alpha value is -1.57. The van der Waals surface area contributed by atoms with Gasteiger partial charge in [0.05, 0.1) is 24.4 Å². The third-order valence-corrected chi connectivity index (χ3v) is 5.25. The van der Waals surface area contributed by atoms with Crippen LogP contribution in [0.2, 0.25) is 0 Å². The number of ether oxygens (including phenoxy) is 1. The SMILES string of the molecule is COc1c(NCC2CCCS2(=O)=O)nc[nH]c1=O. The van der Waals surface area contributed by atoms with E-state index in [2.05, 4.69) is 15.3 Å². The molecule has 0 bridgehead atoms. The van der Waals surface area contributed by atoms with Crippen LogP contribution in [0.5, 0.6) is 5.75 Å². The summed E-state index contributed by atoms with van der Waals surface area (Å²) in [4.78, 5) is 17.7. The smallest absolute Gasteiger partial charge is 0.295 e. The second-order valence-corrected chi connectivity index (χ2v) is 6.53. The van der Waals surface area contributed by atoms with Gasteiger partial charge in [0.1, 0.15) is 0 Å². The Labute approximate surface area is 105 Å². The molecule has 1 aliphatic rings. The van der Waals surface area contributed by atoms with Crippen molar-refractivity contribution in [1.82, 2.24) is 9.97 Å². The van der Waals surface area contributed by atoms with Gasteiger partial charge < -0.3 is 15.0 Å². The predicted molar refractivity (Wildman–Crippen MR) is 66.7 cm³/mol. The molecule has 0 aliphatic carbocycles. The van der Waals surface area contributed by atoms with Crippen molar-refractivity contribution in [3.05, 3.63) is 16.7 Å². The Balaban J connectivity index is 2.12. The molecule has 1 unspecified atom stereocenters. The maximum Gasteiger partial charge on any atom is 0.295 e. The van der Waals surface area contributed by atoms with E-state index >= 15 is 0 Å². The molecule has 8 heteroatoms. The Morgan fingerprint density at radius 2 is 2.39 bits per heavy atom. The van der Waals surface area contributed by atoms with Crippen LogP contribution in [0.15, 0.2) is 11.1 Å². The summed E-state index contributed by atoms with van der Waals surface area (Å²) < 4.78 is 28.2. The second-order valence-electron chi connectivity index (χ2n) is 4.13. The minimum atomic E-state index is -3.00. The molecule has 2 rings (SSSR count). The summed E-state index contributed by atoms with van der Waals surface area (Å²) in [6.45, 7) is 0.245. The summed E-state index contributed by atoms with van der Waals surface area (Å²) in [7, 11) is -1.64. The van der Waals surface area contributed by atoms with E-state index in [0.717, 1.165) is 0 Å². The summed E-state index contributed by atoms with van der Waals surface area (Å²) in [6, 6.07) is 0. The van der Waals surface area contributed by atoms with Crippen molar-refractivity contribution in [3.8, 4) is 5.75 Å². The lowest BCUT2D eigenvalue weighted by atomic mass is 10.2. The van der Waals surface area contributed by atoms with E-state index in [1.807, 2.05) is 0 Å². The van der Waals surface area contributed by atoms with E-state index in [4.69, 9.17) is 4.74 Å². The van der Waals surface area contributed by atoms with Gasteiger partial charge >= 0.3 is 0 Å². The van der Waals surface area contributed by atoms with Crippen molar-refractivity contribution in [1.29, 1.82) is 0 Å². The van der Waals surface area contributed by atoms with Crippen LogP contribution in [0.4, 0.5) is 5.82 Å². The number of hydrogen-bond acceptors (Lipinski definition) is 6. The van der Waals surface area contributed by atoms with Gasteiger partial charge in [0.25, 0.3) is 5.56 Å². The molecule has 2 N–H and O–H groups in total. The van der Waals surface area contributed by atoms with Crippen molar-refractivity contribution in [2.75, 3.05) is 24.7 Å². The summed E-state index contributed by atoms with van der Waals surface area (Å²) in [6.07, 6.45) is 2.58. The van der Waals surface area contributed by atoms with E-state index in [1.54, 1.807) is 0 Å². The summed E-state index contributed by atoms with van der Waals surface area (Å²) in [5, 5.41) is 2.45. The Morgan fingerprint density at radius 3 is 3.00 bits per heavy atom. The highest BCUT2D eigenvalue weighted by Crippen LogP contribution is 2.21. The van der Waals surface area contributed by atoms with E-state index in [0.29, 0.717) is 12.8 Å². The number of anilines is 1. The van der Waals surface area contributed by atoms with Crippen LogP contribution in [0.25, 0.3) is 0 Å². The van der Waals surface area contributed by atoms with E-state index in [-0.39, 0.29) is 23.9 Å². The van der Waals surface area contributed by atoms with Crippen LogP contribution in [0.3, 0.4) is 0 Å². The summed E-state index contributed by atoms with van der Waals surface area (Å²) in [5.74, 6) is 0.565. The van der Waals surface area contributed by atoms with Crippen molar-refractivity contribution in [2.45, 2.75) is 18.1 Å². The zero-order chi connectivity index (χ0) is 13.2. The van der Waals surface area contributed by atoms with Crippen molar-refractivity contribution < 1.29 is 13.2 Å². The number of aromatic amines is 1. The first-order chi connectivity index (χ1) is 8.54. The largest absolute Gasteiger partial charge is 0.489 e. The normalized spacial score (nSPS) is 21.7. The number of H-pyrrole nitrogens is 1. The van der Waals surface area contributed by atoms with Gasteiger partial charge in [0, 0.05) is 6.54 Å². The fraction of sp³-hybridized carbons (Fsp3) is 0.600. The van der Waals surface area contributed by atoms with Gasteiger partial charge in [-0.3, -0.25) is 4.79 Å². The zero-order valence-corrected chi connectivity index (χ0v) is 10.8. The number of nitrogens with zero attached hydrogens (tertiary/aromatic N) is 1.